The molecule has 2 atom stereocenters. The average Bonchev–Trinajstić information content (AvgIpc) is 3.60. The number of hydrogen-bond donors (Lipinski definition) is 0. The van der Waals surface area contributed by atoms with E-state index in [-0.39, 0.29) is 5.91 Å². The summed E-state index contributed by atoms with van der Waals surface area (Å²) in [5.74, 6) is 0.900. The van der Waals surface area contributed by atoms with Crippen LogP contribution in [-0.4, -0.2) is 57.0 Å². The molecule has 2 aromatic heterocycles. The lowest BCUT2D eigenvalue weighted by Crippen LogP contribution is -2.35. The fourth-order valence-electron chi connectivity index (χ4n) is 5.19. The highest BCUT2D eigenvalue weighted by atomic mass is 16.4. The Bertz CT molecular complexity index is 1290. The van der Waals surface area contributed by atoms with Crippen molar-refractivity contribution in [3.63, 3.8) is 0 Å². The van der Waals surface area contributed by atoms with Crippen LogP contribution in [0.1, 0.15) is 25.3 Å². The van der Waals surface area contributed by atoms with Crippen molar-refractivity contribution in [1.82, 2.24) is 24.9 Å². The summed E-state index contributed by atoms with van der Waals surface area (Å²) in [6.45, 7) is 9.19. The van der Waals surface area contributed by atoms with Crippen LogP contribution in [0.3, 0.4) is 0 Å². The second-order valence-electron chi connectivity index (χ2n) is 9.20. The summed E-state index contributed by atoms with van der Waals surface area (Å²) in [5.41, 5.74) is 5.23. The highest BCUT2D eigenvalue weighted by Gasteiger charge is 2.43. The molecule has 1 aromatic carbocycles. The van der Waals surface area contributed by atoms with E-state index >= 15 is 0 Å². The third kappa shape index (κ3) is 3.46. The number of benzene rings is 1. The molecular formula is C25H26N6O2. The first-order valence-electron chi connectivity index (χ1n) is 11.4. The van der Waals surface area contributed by atoms with Gasteiger partial charge in [-0.2, -0.15) is 20.0 Å². The van der Waals surface area contributed by atoms with Gasteiger partial charge in [-0.1, -0.05) is 30.4 Å². The molecule has 3 aliphatic rings. The number of anilines is 1. The molecule has 8 heteroatoms. The first-order valence-corrected chi connectivity index (χ1v) is 11.4. The van der Waals surface area contributed by atoms with Crippen molar-refractivity contribution in [2.75, 3.05) is 31.1 Å². The molecule has 0 bridgehead atoms. The Labute approximate surface area is 191 Å². The van der Waals surface area contributed by atoms with E-state index in [1.54, 1.807) is 17.2 Å². The lowest BCUT2D eigenvalue weighted by molar-refractivity contribution is -0.126. The maximum Gasteiger partial charge on any atom is 0.298 e. The third-order valence-corrected chi connectivity index (χ3v) is 6.91. The minimum atomic E-state index is 0.0772. The number of hydrogen-bond acceptors (Lipinski definition) is 6. The lowest BCUT2D eigenvalue weighted by Gasteiger charge is -2.23. The smallest absolute Gasteiger partial charge is 0.298 e. The van der Waals surface area contributed by atoms with Crippen LogP contribution in [0.15, 0.2) is 59.3 Å². The number of carbonyl (C=O) groups is 1. The Balaban J connectivity index is 1.15. The molecule has 4 heterocycles. The molecule has 2 saturated heterocycles. The van der Waals surface area contributed by atoms with Crippen LogP contribution in [0.5, 0.6) is 0 Å². The monoisotopic (exact) mass is 442 g/mol. The van der Waals surface area contributed by atoms with Crippen LogP contribution < -0.4 is 4.90 Å². The molecule has 2 fully saturated rings. The van der Waals surface area contributed by atoms with E-state index in [1.807, 2.05) is 36.1 Å². The van der Waals surface area contributed by atoms with Gasteiger partial charge >= 0.3 is 0 Å². The summed E-state index contributed by atoms with van der Waals surface area (Å²) in [6, 6.07) is 6.67. The molecule has 2 unspecified atom stereocenters. The first kappa shape index (κ1) is 20.0. The van der Waals surface area contributed by atoms with Crippen molar-refractivity contribution in [1.29, 1.82) is 0 Å². The van der Waals surface area contributed by atoms with Gasteiger partial charge in [-0.05, 0) is 37.5 Å². The van der Waals surface area contributed by atoms with Gasteiger partial charge in [0.25, 0.3) is 11.9 Å². The van der Waals surface area contributed by atoms with Crippen molar-refractivity contribution in [3.05, 3.63) is 60.5 Å². The summed E-state index contributed by atoms with van der Waals surface area (Å²) >= 11 is 0. The Hall–Kier alpha value is -3.68. The molecule has 8 nitrogen and oxygen atoms in total. The number of fused-ring (bicyclic) bond motifs is 2. The summed E-state index contributed by atoms with van der Waals surface area (Å²) in [4.78, 5) is 23.9. The zero-order chi connectivity index (χ0) is 22.5. The topological polar surface area (TPSA) is 80.3 Å². The maximum atomic E-state index is 13.4. The van der Waals surface area contributed by atoms with E-state index in [1.165, 1.54) is 0 Å². The van der Waals surface area contributed by atoms with Crippen molar-refractivity contribution in [2.45, 2.75) is 19.8 Å². The molecule has 2 aliphatic heterocycles. The number of nitrogens with zero attached hydrogens (tertiary/aromatic N) is 6. The minimum Gasteiger partial charge on any atom is -0.423 e. The Morgan fingerprint density at radius 3 is 2.52 bits per heavy atom. The summed E-state index contributed by atoms with van der Waals surface area (Å²) in [5, 5.41) is 8.46. The molecule has 0 radical (unpaired) electrons. The van der Waals surface area contributed by atoms with Gasteiger partial charge in [-0.15, -0.1) is 0 Å². The fourth-order valence-corrected chi connectivity index (χ4v) is 5.19. The molecule has 0 spiro atoms. The Morgan fingerprint density at radius 1 is 1.06 bits per heavy atom. The zero-order valence-electron chi connectivity index (χ0n) is 18.6. The molecule has 0 N–H and O–H groups in total. The van der Waals surface area contributed by atoms with Gasteiger partial charge in [-0.3, -0.25) is 4.79 Å². The SMILES string of the molecule is C=C(C)c1ccc2oc(N3CC4CN(C(=O)C5=CCCC=C5n5nccn5)CC4C3)nc2c1. The van der Waals surface area contributed by atoms with Gasteiger partial charge in [0.15, 0.2) is 5.58 Å². The number of likely N-dealkylation sites (tertiary alicyclic amines) is 1. The van der Waals surface area contributed by atoms with Gasteiger partial charge in [-0.25, -0.2) is 0 Å². The van der Waals surface area contributed by atoms with E-state index in [4.69, 9.17) is 9.40 Å². The first-order chi connectivity index (χ1) is 16.1. The second kappa shape index (κ2) is 7.72. The minimum absolute atomic E-state index is 0.0772. The van der Waals surface area contributed by atoms with Gasteiger partial charge in [0.05, 0.1) is 23.7 Å². The van der Waals surface area contributed by atoms with Crippen molar-refractivity contribution < 1.29 is 9.21 Å². The number of amides is 1. The largest absolute Gasteiger partial charge is 0.423 e. The standard InChI is InChI=1S/C25H26N6O2/c1-16(2)17-7-8-23-21(11-17)28-25(33-23)30-14-18-12-29(13-19(18)15-30)24(32)20-5-3-4-6-22(20)31-26-9-10-27-31/h5-11,18-19H,1,3-4,12-15H2,2H3. The van der Waals surface area contributed by atoms with Crippen LogP contribution in [0.2, 0.25) is 0 Å². The highest BCUT2D eigenvalue weighted by Crippen LogP contribution is 2.36. The van der Waals surface area contributed by atoms with E-state index in [9.17, 15) is 4.79 Å². The van der Waals surface area contributed by atoms with Gasteiger partial charge in [0.1, 0.15) is 5.52 Å². The van der Waals surface area contributed by atoms with Crippen molar-refractivity contribution in [3.8, 4) is 0 Å². The molecule has 3 aromatic rings. The predicted octanol–water partition coefficient (Wildman–Crippen LogP) is 3.61. The molecule has 168 valence electrons. The normalized spacial score (nSPS) is 22.5. The number of allylic oxidation sites excluding steroid dienone is 3. The summed E-state index contributed by atoms with van der Waals surface area (Å²) in [7, 11) is 0. The van der Waals surface area contributed by atoms with E-state index < -0.39 is 0 Å². The molecule has 1 amide bonds. The summed E-state index contributed by atoms with van der Waals surface area (Å²) in [6.07, 6.45) is 9.12. The van der Waals surface area contributed by atoms with Crippen LogP contribution in [0.25, 0.3) is 22.4 Å². The van der Waals surface area contributed by atoms with E-state index in [2.05, 4.69) is 27.8 Å². The quantitative estimate of drug-likeness (QED) is 0.614. The predicted molar refractivity (Wildman–Crippen MR) is 126 cm³/mol. The van der Waals surface area contributed by atoms with Crippen LogP contribution in [0.4, 0.5) is 6.01 Å². The van der Waals surface area contributed by atoms with Crippen LogP contribution in [0, 0.1) is 11.8 Å². The second-order valence-corrected chi connectivity index (χ2v) is 9.20. The van der Waals surface area contributed by atoms with Crippen molar-refractivity contribution >= 4 is 34.3 Å². The van der Waals surface area contributed by atoms with Gasteiger partial charge in [0.2, 0.25) is 0 Å². The average molecular weight is 443 g/mol. The molecular weight excluding hydrogens is 416 g/mol. The number of carbonyl (C=O) groups excluding carboxylic acids is 1. The van der Waals surface area contributed by atoms with Gasteiger partial charge in [0, 0.05) is 38.0 Å². The van der Waals surface area contributed by atoms with E-state index in [0.717, 1.165) is 67.0 Å². The molecule has 6 rings (SSSR count). The Morgan fingerprint density at radius 2 is 1.79 bits per heavy atom. The molecule has 1 aliphatic carbocycles. The van der Waals surface area contributed by atoms with Crippen LogP contribution in [-0.2, 0) is 4.79 Å². The zero-order valence-corrected chi connectivity index (χ0v) is 18.6. The maximum absolute atomic E-state index is 13.4. The number of oxazole rings is 1. The third-order valence-electron chi connectivity index (χ3n) is 6.91. The van der Waals surface area contributed by atoms with E-state index in [0.29, 0.717) is 23.4 Å². The van der Waals surface area contributed by atoms with Crippen LogP contribution >= 0.6 is 0 Å². The summed E-state index contributed by atoms with van der Waals surface area (Å²) < 4.78 is 6.05. The fraction of sp³-hybridized carbons (Fsp3) is 0.360. The van der Waals surface area contributed by atoms with Gasteiger partial charge < -0.3 is 14.2 Å². The number of rotatable bonds is 4. The lowest BCUT2D eigenvalue weighted by atomic mass is 10.0. The van der Waals surface area contributed by atoms with Crippen molar-refractivity contribution in [2.24, 2.45) is 11.8 Å². The Kier molecular flexibility index (Phi) is 4.67. The molecule has 33 heavy (non-hydrogen) atoms. The number of aromatic nitrogens is 4. The molecule has 0 saturated carbocycles. The highest BCUT2D eigenvalue weighted by molar-refractivity contribution is 6.05.